The molecule has 1 aromatic rings. The van der Waals surface area contributed by atoms with E-state index in [2.05, 4.69) is 42.6 Å². The van der Waals surface area contributed by atoms with Crippen molar-refractivity contribution in [1.82, 2.24) is 14.9 Å². The van der Waals surface area contributed by atoms with Crippen molar-refractivity contribution in [2.24, 2.45) is 0 Å². The van der Waals surface area contributed by atoms with E-state index >= 15 is 0 Å². The first-order chi connectivity index (χ1) is 8.74. The van der Waals surface area contributed by atoms with Crippen molar-refractivity contribution >= 4 is 21.9 Å². The number of rotatable bonds is 4. The van der Waals surface area contributed by atoms with Crippen LogP contribution in [0.25, 0.3) is 0 Å². The minimum atomic E-state index is 0.594. The van der Waals surface area contributed by atoms with Crippen molar-refractivity contribution in [2.75, 3.05) is 44.7 Å². The molecule has 0 unspecified atom stereocenters. The Morgan fingerprint density at radius 3 is 2.67 bits per heavy atom. The van der Waals surface area contributed by atoms with Crippen molar-refractivity contribution < 1.29 is 4.74 Å². The maximum atomic E-state index is 5.20. The van der Waals surface area contributed by atoms with Gasteiger partial charge < -0.3 is 9.64 Å². The van der Waals surface area contributed by atoms with Crippen molar-refractivity contribution in [3.63, 3.8) is 0 Å². The Morgan fingerprint density at radius 1 is 1.33 bits per heavy atom. The lowest BCUT2D eigenvalue weighted by Gasteiger charge is -2.34. The highest BCUT2D eigenvalue weighted by Gasteiger charge is 2.19. The fourth-order valence-corrected chi connectivity index (χ4v) is 2.48. The van der Waals surface area contributed by atoms with Gasteiger partial charge in [0.2, 0.25) is 11.8 Å². The molecular weight excluding hydrogens is 296 g/mol. The van der Waals surface area contributed by atoms with E-state index in [0.29, 0.717) is 5.88 Å². The molecule has 5 nitrogen and oxygen atoms in total. The number of anilines is 1. The maximum absolute atomic E-state index is 5.20. The Bertz CT molecular complexity index is 394. The molecule has 1 fully saturated rings. The summed E-state index contributed by atoms with van der Waals surface area (Å²) in [6, 6.07) is 0. The average molecular weight is 315 g/mol. The highest BCUT2D eigenvalue weighted by molar-refractivity contribution is 9.10. The van der Waals surface area contributed by atoms with Crippen molar-refractivity contribution in [2.45, 2.75) is 13.3 Å². The van der Waals surface area contributed by atoms with E-state index in [9.17, 15) is 0 Å². The normalized spacial score (nSPS) is 16.9. The first-order valence-corrected chi connectivity index (χ1v) is 7.07. The third-order valence-electron chi connectivity index (χ3n) is 3.09. The van der Waals surface area contributed by atoms with Crippen molar-refractivity contribution in [3.8, 4) is 5.88 Å². The third-order valence-corrected chi connectivity index (χ3v) is 3.63. The van der Waals surface area contributed by atoms with Crippen LogP contribution in [0.5, 0.6) is 5.88 Å². The molecule has 6 heteroatoms. The SMILES string of the molecule is CCCN1CCN(c2ncc(Br)c(OC)n2)CC1. The number of halogens is 1. The number of piperazine rings is 1. The Kier molecular flexibility index (Phi) is 4.77. The monoisotopic (exact) mass is 314 g/mol. The minimum Gasteiger partial charge on any atom is -0.480 e. The lowest BCUT2D eigenvalue weighted by molar-refractivity contribution is 0.257. The summed E-state index contributed by atoms with van der Waals surface area (Å²) in [5.74, 6) is 1.35. The number of hydrogen-bond acceptors (Lipinski definition) is 5. The molecule has 1 aliphatic rings. The van der Waals surface area contributed by atoms with Crippen molar-refractivity contribution in [3.05, 3.63) is 10.7 Å². The van der Waals surface area contributed by atoms with Crippen LogP contribution < -0.4 is 9.64 Å². The van der Waals surface area contributed by atoms with Gasteiger partial charge in [0, 0.05) is 26.2 Å². The molecule has 1 aliphatic heterocycles. The maximum Gasteiger partial charge on any atom is 0.232 e. The molecule has 18 heavy (non-hydrogen) atoms. The summed E-state index contributed by atoms with van der Waals surface area (Å²) in [6.45, 7) is 7.51. The van der Waals surface area contributed by atoms with E-state index in [1.807, 2.05) is 0 Å². The molecular formula is C12H19BrN4O. The second-order valence-corrected chi connectivity index (χ2v) is 5.21. The van der Waals surface area contributed by atoms with Gasteiger partial charge in [-0.3, -0.25) is 4.90 Å². The van der Waals surface area contributed by atoms with Crippen LogP contribution in [0.3, 0.4) is 0 Å². The van der Waals surface area contributed by atoms with Gasteiger partial charge in [0.25, 0.3) is 0 Å². The smallest absolute Gasteiger partial charge is 0.232 e. The quantitative estimate of drug-likeness (QED) is 0.847. The molecule has 0 bridgehead atoms. The van der Waals surface area contributed by atoms with Gasteiger partial charge in [0.05, 0.1) is 17.8 Å². The van der Waals surface area contributed by atoms with Crippen LogP contribution in [-0.4, -0.2) is 54.7 Å². The standard InChI is InChI=1S/C12H19BrN4O/c1-3-4-16-5-7-17(8-6-16)12-14-9-10(13)11(15-12)18-2/h9H,3-8H2,1-2H3. The van der Waals surface area contributed by atoms with E-state index in [1.54, 1.807) is 13.3 Å². The van der Waals surface area contributed by atoms with Crippen LogP contribution in [0.4, 0.5) is 5.95 Å². The largest absolute Gasteiger partial charge is 0.480 e. The molecule has 0 atom stereocenters. The molecule has 1 aromatic heterocycles. The highest BCUT2D eigenvalue weighted by atomic mass is 79.9. The predicted molar refractivity (Wildman–Crippen MR) is 75.2 cm³/mol. The van der Waals surface area contributed by atoms with Gasteiger partial charge >= 0.3 is 0 Å². The second kappa shape index (κ2) is 6.33. The summed E-state index contributed by atoms with van der Waals surface area (Å²) >= 11 is 3.37. The number of ether oxygens (including phenoxy) is 1. The Hall–Kier alpha value is -0.880. The zero-order valence-electron chi connectivity index (χ0n) is 10.9. The van der Waals surface area contributed by atoms with Gasteiger partial charge in [0.15, 0.2) is 0 Å². The Labute approximate surface area is 116 Å². The van der Waals surface area contributed by atoms with Gasteiger partial charge in [-0.15, -0.1) is 0 Å². The van der Waals surface area contributed by atoms with Gasteiger partial charge in [-0.2, -0.15) is 4.98 Å². The third kappa shape index (κ3) is 3.11. The summed E-state index contributed by atoms with van der Waals surface area (Å²) in [5, 5.41) is 0. The number of hydrogen-bond donors (Lipinski definition) is 0. The molecule has 2 rings (SSSR count). The van der Waals surface area contributed by atoms with Crippen LogP contribution in [0.2, 0.25) is 0 Å². The summed E-state index contributed by atoms with van der Waals surface area (Å²) in [5.41, 5.74) is 0. The first kappa shape index (κ1) is 13.5. The Balaban J connectivity index is 2.01. The molecule has 0 aromatic carbocycles. The lowest BCUT2D eigenvalue weighted by atomic mass is 10.3. The van der Waals surface area contributed by atoms with E-state index in [0.717, 1.165) is 36.6 Å². The van der Waals surface area contributed by atoms with Crippen LogP contribution in [-0.2, 0) is 0 Å². The van der Waals surface area contributed by atoms with Crippen LogP contribution in [0.1, 0.15) is 13.3 Å². The fourth-order valence-electron chi connectivity index (χ4n) is 2.13. The topological polar surface area (TPSA) is 41.5 Å². The molecule has 0 spiro atoms. The fraction of sp³-hybridized carbons (Fsp3) is 0.667. The van der Waals surface area contributed by atoms with Crippen molar-refractivity contribution in [1.29, 1.82) is 0 Å². The first-order valence-electron chi connectivity index (χ1n) is 6.28. The molecule has 100 valence electrons. The van der Waals surface area contributed by atoms with Gasteiger partial charge in [-0.05, 0) is 28.9 Å². The van der Waals surface area contributed by atoms with Crippen LogP contribution in [0, 0.1) is 0 Å². The van der Waals surface area contributed by atoms with Gasteiger partial charge in [0.1, 0.15) is 0 Å². The molecule has 0 amide bonds. The molecule has 2 heterocycles. The van der Waals surface area contributed by atoms with E-state index in [4.69, 9.17) is 4.74 Å². The van der Waals surface area contributed by atoms with Gasteiger partial charge in [-0.25, -0.2) is 4.98 Å². The molecule has 0 N–H and O–H groups in total. The molecule has 0 saturated carbocycles. The van der Waals surface area contributed by atoms with E-state index in [-0.39, 0.29) is 0 Å². The minimum absolute atomic E-state index is 0.594. The van der Waals surface area contributed by atoms with Crippen LogP contribution >= 0.6 is 15.9 Å². The van der Waals surface area contributed by atoms with E-state index in [1.165, 1.54) is 13.0 Å². The number of methoxy groups -OCH3 is 1. The summed E-state index contributed by atoms with van der Waals surface area (Å²) in [7, 11) is 1.62. The van der Waals surface area contributed by atoms with E-state index < -0.39 is 0 Å². The second-order valence-electron chi connectivity index (χ2n) is 4.36. The molecule has 0 aliphatic carbocycles. The van der Waals surface area contributed by atoms with Crippen LogP contribution in [0.15, 0.2) is 10.7 Å². The number of aromatic nitrogens is 2. The summed E-state index contributed by atoms with van der Waals surface area (Å²) in [6.07, 6.45) is 2.96. The predicted octanol–water partition coefficient (Wildman–Crippen LogP) is 1.78. The average Bonchev–Trinajstić information content (AvgIpc) is 2.41. The molecule has 0 radical (unpaired) electrons. The van der Waals surface area contributed by atoms with Gasteiger partial charge in [-0.1, -0.05) is 6.92 Å². The molecule has 1 saturated heterocycles. The zero-order valence-corrected chi connectivity index (χ0v) is 12.5. The Morgan fingerprint density at radius 2 is 2.06 bits per heavy atom. The number of nitrogens with zero attached hydrogens (tertiary/aromatic N) is 4. The summed E-state index contributed by atoms with van der Waals surface area (Å²) in [4.78, 5) is 13.5. The lowest BCUT2D eigenvalue weighted by Crippen LogP contribution is -2.47. The summed E-state index contributed by atoms with van der Waals surface area (Å²) < 4.78 is 5.99. The highest BCUT2D eigenvalue weighted by Crippen LogP contribution is 2.23. The zero-order chi connectivity index (χ0) is 13.0.